The highest BCUT2D eigenvalue weighted by Crippen LogP contribution is 2.19. The van der Waals surface area contributed by atoms with Crippen molar-refractivity contribution in [3.05, 3.63) is 48.2 Å². The van der Waals surface area contributed by atoms with Crippen molar-refractivity contribution in [2.75, 3.05) is 16.8 Å². The number of hydrogen-bond donors (Lipinski definition) is 2. The molecule has 4 nitrogen and oxygen atoms in total. The molecular formula is C16H19N3OS. The zero-order chi connectivity index (χ0) is 15.2. The summed E-state index contributed by atoms with van der Waals surface area (Å²) in [5.74, 6) is 1.28. The van der Waals surface area contributed by atoms with Gasteiger partial charge in [0, 0.05) is 16.8 Å². The monoisotopic (exact) mass is 301 g/mol. The average Bonchev–Trinajstić information content (AvgIpc) is 2.47. The van der Waals surface area contributed by atoms with E-state index in [1.807, 2.05) is 30.3 Å². The van der Waals surface area contributed by atoms with E-state index in [0.717, 1.165) is 10.6 Å². The third-order valence-corrected chi connectivity index (χ3v) is 3.97. The van der Waals surface area contributed by atoms with Gasteiger partial charge in [0.15, 0.2) is 0 Å². The van der Waals surface area contributed by atoms with Gasteiger partial charge in [-0.2, -0.15) is 0 Å². The van der Waals surface area contributed by atoms with E-state index in [9.17, 15) is 4.79 Å². The molecule has 0 spiro atoms. The Kier molecular flexibility index (Phi) is 5.22. The highest BCUT2D eigenvalue weighted by molar-refractivity contribution is 8.00. The number of nitrogens with zero attached hydrogens (tertiary/aromatic N) is 1. The number of benzene rings is 1. The summed E-state index contributed by atoms with van der Waals surface area (Å²) in [5, 5.41) is 2.88. The number of carbonyl (C=O) groups is 1. The van der Waals surface area contributed by atoms with Crippen LogP contribution in [0.3, 0.4) is 0 Å². The van der Waals surface area contributed by atoms with Gasteiger partial charge in [0.25, 0.3) is 0 Å². The van der Waals surface area contributed by atoms with Crippen LogP contribution in [0.1, 0.15) is 25.3 Å². The summed E-state index contributed by atoms with van der Waals surface area (Å²) in [4.78, 5) is 16.8. The van der Waals surface area contributed by atoms with Crippen LogP contribution in [0.15, 0.2) is 47.5 Å². The third-order valence-electron chi connectivity index (χ3n) is 2.99. The maximum absolute atomic E-state index is 11.9. The Morgan fingerprint density at radius 1 is 1.24 bits per heavy atom. The molecular weight excluding hydrogens is 282 g/mol. The number of thioether (sulfide) groups is 1. The molecule has 0 aliphatic carbocycles. The Balaban J connectivity index is 1.85. The summed E-state index contributed by atoms with van der Waals surface area (Å²) in [7, 11) is 0. The summed E-state index contributed by atoms with van der Waals surface area (Å²) in [6, 6.07) is 11.5. The Morgan fingerprint density at radius 2 is 1.95 bits per heavy atom. The number of hydrogen-bond acceptors (Lipinski definition) is 4. The number of pyridine rings is 1. The SMILES string of the molecule is CC(C)c1ccc(NC(=O)CSc2ccc(N)nc2)cc1. The van der Waals surface area contributed by atoms with E-state index in [4.69, 9.17) is 5.73 Å². The van der Waals surface area contributed by atoms with Crippen molar-refractivity contribution in [3.8, 4) is 0 Å². The lowest BCUT2D eigenvalue weighted by molar-refractivity contribution is -0.113. The number of carbonyl (C=O) groups excluding carboxylic acids is 1. The molecule has 0 unspecified atom stereocenters. The quantitative estimate of drug-likeness (QED) is 0.829. The van der Waals surface area contributed by atoms with Gasteiger partial charge in [-0.3, -0.25) is 4.79 Å². The smallest absolute Gasteiger partial charge is 0.234 e. The number of nitrogen functional groups attached to an aromatic ring is 1. The standard InChI is InChI=1S/C16H19N3OS/c1-11(2)12-3-5-13(6-4-12)19-16(20)10-21-14-7-8-15(17)18-9-14/h3-9,11H,10H2,1-2H3,(H2,17,18)(H,19,20). The molecule has 1 heterocycles. The third kappa shape index (κ3) is 4.79. The minimum Gasteiger partial charge on any atom is -0.384 e. The van der Waals surface area contributed by atoms with Gasteiger partial charge in [0.2, 0.25) is 5.91 Å². The molecule has 1 aromatic carbocycles. The Morgan fingerprint density at radius 3 is 2.52 bits per heavy atom. The van der Waals surface area contributed by atoms with Crippen LogP contribution >= 0.6 is 11.8 Å². The van der Waals surface area contributed by atoms with E-state index in [1.54, 1.807) is 12.3 Å². The Labute approximate surface area is 129 Å². The lowest BCUT2D eigenvalue weighted by atomic mass is 10.0. The predicted octanol–water partition coefficient (Wildman–Crippen LogP) is 3.52. The van der Waals surface area contributed by atoms with Crippen molar-refractivity contribution < 1.29 is 4.79 Å². The Bertz CT molecular complexity index is 594. The molecule has 0 aliphatic heterocycles. The van der Waals surface area contributed by atoms with Crippen molar-refractivity contribution in [2.24, 2.45) is 0 Å². The zero-order valence-corrected chi connectivity index (χ0v) is 13.0. The fourth-order valence-electron chi connectivity index (χ4n) is 1.77. The first kappa shape index (κ1) is 15.4. The summed E-state index contributed by atoms with van der Waals surface area (Å²) < 4.78 is 0. The minimum absolute atomic E-state index is 0.0332. The van der Waals surface area contributed by atoms with Crippen molar-refractivity contribution in [3.63, 3.8) is 0 Å². The van der Waals surface area contributed by atoms with E-state index in [2.05, 4.69) is 24.1 Å². The molecule has 1 aromatic heterocycles. The molecule has 110 valence electrons. The number of amides is 1. The minimum atomic E-state index is -0.0332. The molecule has 2 aromatic rings. The molecule has 0 fully saturated rings. The van der Waals surface area contributed by atoms with E-state index < -0.39 is 0 Å². The number of nitrogens with two attached hydrogens (primary N) is 1. The number of anilines is 2. The number of aromatic nitrogens is 1. The fourth-order valence-corrected chi connectivity index (χ4v) is 2.44. The number of nitrogens with one attached hydrogen (secondary N) is 1. The van der Waals surface area contributed by atoms with Gasteiger partial charge in [0.1, 0.15) is 5.82 Å². The molecule has 1 amide bonds. The molecule has 0 aliphatic rings. The van der Waals surface area contributed by atoms with Crippen LogP contribution in [0.5, 0.6) is 0 Å². The average molecular weight is 301 g/mol. The lowest BCUT2D eigenvalue weighted by Gasteiger charge is -2.08. The van der Waals surface area contributed by atoms with Gasteiger partial charge in [-0.25, -0.2) is 4.98 Å². The fraction of sp³-hybridized carbons (Fsp3) is 0.250. The number of rotatable bonds is 5. The first-order valence-electron chi connectivity index (χ1n) is 6.79. The molecule has 5 heteroatoms. The highest BCUT2D eigenvalue weighted by Gasteiger charge is 2.05. The van der Waals surface area contributed by atoms with E-state index in [1.165, 1.54) is 17.3 Å². The van der Waals surface area contributed by atoms with E-state index >= 15 is 0 Å². The first-order valence-corrected chi connectivity index (χ1v) is 7.77. The molecule has 2 rings (SSSR count). The van der Waals surface area contributed by atoms with Crippen LogP contribution in [0.25, 0.3) is 0 Å². The molecule has 21 heavy (non-hydrogen) atoms. The van der Waals surface area contributed by atoms with Gasteiger partial charge in [-0.05, 0) is 35.7 Å². The second-order valence-electron chi connectivity index (χ2n) is 5.03. The van der Waals surface area contributed by atoms with Crippen molar-refractivity contribution in [1.29, 1.82) is 0 Å². The van der Waals surface area contributed by atoms with E-state index in [0.29, 0.717) is 17.5 Å². The molecule has 0 radical (unpaired) electrons. The zero-order valence-electron chi connectivity index (χ0n) is 12.2. The normalized spacial score (nSPS) is 10.6. The van der Waals surface area contributed by atoms with Crippen LogP contribution in [-0.4, -0.2) is 16.6 Å². The largest absolute Gasteiger partial charge is 0.384 e. The lowest BCUT2D eigenvalue weighted by Crippen LogP contribution is -2.14. The van der Waals surface area contributed by atoms with E-state index in [-0.39, 0.29) is 5.91 Å². The van der Waals surface area contributed by atoms with Crippen molar-refractivity contribution >= 4 is 29.2 Å². The maximum atomic E-state index is 11.9. The summed E-state index contributed by atoms with van der Waals surface area (Å²) >= 11 is 1.43. The second-order valence-corrected chi connectivity index (χ2v) is 6.08. The van der Waals surface area contributed by atoms with Gasteiger partial charge in [-0.1, -0.05) is 26.0 Å². The van der Waals surface area contributed by atoms with Crippen molar-refractivity contribution in [2.45, 2.75) is 24.7 Å². The molecule has 0 atom stereocenters. The van der Waals surface area contributed by atoms with Crippen LogP contribution in [-0.2, 0) is 4.79 Å². The molecule has 3 N–H and O–H groups in total. The Hall–Kier alpha value is -2.01. The highest BCUT2D eigenvalue weighted by atomic mass is 32.2. The summed E-state index contributed by atoms with van der Waals surface area (Å²) in [6.45, 7) is 4.29. The van der Waals surface area contributed by atoms with Crippen LogP contribution in [0.2, 0.25) is 0 Å². The van der Waals surface area contributed by atoms with Gasteiger partial charge >= 0.3 is 0 Å². The molecule has 0 saturated heterocycles. The summed E-state index contributed by atoms with van der Waals surface area (Å²) in [5.41, 5.74) is 7.60. The van der Waals surface area contributed by atoms with Crippen LogP contribution in [0.4, 0.5) is 11.5 Å². The second kappa shape index (κ2) is 7.13. The van der Waals surface area contributed by atoms with Crippen LogP contribution in [0, 0.1) is 0 Å². The van der Waals surface area contributed by atoms with Gasteiger partial charge in [0.05, 0.1) is 5.75 Å². The summed E-state index contributed by atoms with van der Waals surface area (Å²) in [6.07, 6.45) is 1.67. The first-order chi connectivity index (χ1) is 10.0. The molecule has 0 bridgehead atoms. The van der Waals surface area contributed by atoms with Gasteiger partial charge < -0.3 is 11.1 Å². The topological polar surface area (TPSA) is 68.0 Å². The van der Waals surface area contributed by atoms with Gasteiger partial charge in [-0.15, -0.1) is 11.8 Å². The van der Waals surface area contributed by atoms with Crippen LogP contribution < -0.4 is 11.1 Å². The maximum Gasteiger partial charge on any atom is 0.234 e. The van der Waals surface area contributed by atoms with Crippen molar-refractivity contribution in [1.82, 2.24) is 4.98 Å². The molecule has 0 saturated carbocycles. The predicted molar refractivity (Wildman–Crippen MR) is 88.5 cm³/mol.